The molecule has 1 N–H and O–H groups in total. The summed E-state index contributed by atoms with van der Waals surface area (Å²) in [6.07, 6.45) is 7.51. The molecule has 0 bridgehead atoms. The van der Waals surface area contributed by atoms with Crippen LogP contribution in [0.3, 0.4) is 0 Å². The molecule has 9 heteroatoms. The van der Waals surface area contributed by atoms with Crippen LogP contribution in [0.1, 0.15) is 54.6 Å². The van der Waals surface area contributed by atoms with Crippen LogP contribution in [-0.4, -0.2) is 36.3 Å². The van der Waals surface area contributed by atoms with E-state index in [4.69, 9.17) is 0 Å². The van der Waals surface area contributed by atoms with Gasteiger partial charge in [-0.2, -0.15) is 0 Å². The van der Waals surface area contributed by atoms with Crippen molar-refractivity contribution in [1.29, 1.82) is 0 Å². The summed E-state index contributed by atoms with van der Waals surface area (Å²) >= 11 is 1.46. The number of hydrogen-bond acceptors (Lipinski definition) is 7. The smallest absolute Gasteiger partial charge is 0.255 e. The van der Waals surface area contributed by atoms with Crippen LogP contribution >= 0.6 is 11.3 Å². The van der Waals surface area contributed by atoms with Crippen molar-refractivity contribution in [2.24, 2.45) is 0 Å². The highest BCUT2D eigenvalue weighted by Gasteiger charge is 2.26. The lowest BCUT2D eigenvalue weighted by molar-refractivity contribution is -0.118. The molecule has 2 heterocycles. The Hall–Kier alpha value is -2.68. The molecule has 1 fully saturated rings. The number of nitrogens with zero attached hydrogens (tertiary/aromatic N) is 6. The third-order valence-electron chi connectivity index (χ3n) is 4.62. The van der Waals surface area contributed by atoms with Gasteiger partial charge in [0, 0.05) is 5.92 Å². The number of amides is 1. The molecule has 3 aromatic rings. The van der Waals surface area contributed by atoms with Crippen molar-refractivity contribution < 1.29 is 4.79 Å². The van der Waals surface area contributed by atoms with Gasteiger partial charge in [-0.25, -0.2) is 4.68 Å². The summed E-state index contributed by atoms with van der Waals surface area (Å²) in [5.74, 6) is 0.228. The number of anilines is 1. The number of carbonyl (C=O) groups is 1. The molecular formula is C17H19N7OS. The molecule has 0 radical (unpaired) electrons. The van der Waals surface area contributed by atoms with Crippen molar-refractivity contribution >= 4 is 22.4 Å². The maximum atomic E-state index is 12.9. The first-order valence-corrected chi connectivity index (χ1v) is 9.54. The second-order valence-corrected chi connectivity index (χ2v) is 7.38. The van der Waals surface area contributed by atoms with Crippen LogP contribution in [0, 0.1) is 0 Å². The lowest BCUT2D eigenvalue weighted by Gasteiger charge is -2.18. The number of benzene rings is 1. The third-order valence-corrected chi connectivity index (χ3v) is 5.62. The number of tetrazole rings is 1. The fraction of sp³-hybridized carbons (Fsp3) is 0.412. The van der Waals surface area contributed by atoms with Gasteiger partial charge in [0.2, 0.25) is 5.13 Å². The fourth-order valence-corrected chi connectivity index (χ4v) is 4.24. The van der Waals surface area contributed by atoms with Crippen molar-refractivity contribution in [2.45, 2.75) is 44.1 Å². The molecule has 2 aromatic heterocycles. The minimum absolute atomic E-state index is 0.241. The van der Waals surface area contributed by atoms with Crippen LogP contribution in [0.15, 0.2) is 36.7 Å². The predicted molar refractivity (Wildman–Crippen MR) is 96.8 cm³/mol. The quantitative estimate of drug-likeness (QED) is 0.742. The van der Waals surface area contributed by atoms with Crippen LogP contribution < -0.4 is 5.32 Å². The van der Waals surface area contributed by atoms with Crippen molar-refractivity contribution in [2.75, 3.05) is 5.32 Å². The SMILES string of the molecule is O=C(Nc1nnc(C2CCCCC2)s1)[C@H](c1ccccc1)n1cnnn1. The molecule has 1 amide bonds. The topological polar surface area (TPSA) is 98.5 Å². The second-order valence-electron chi connectivity index (χ2n) is 6.37. The van der Waals surface area contributed by atoms with Gasteiger partial charge in [-0.1, -0.05) is 60.9 Å². The molecule has 0 spiro atoms. The van der Waals surface area contributed by atoms with E-state index in [1.54, 1.807) is 0 Å². The first-order valence-electron chi connectivity index (χ1n) is 8.73. The summed E-state index contributed by atoms with van der Waals surface area (Å²) in [7, 11) is 0. The first-order chi connectivity index (χ1) is 12.8. The lowest BCUT2D eigenvalue weighted by atomic mass is 9.90. The largest absolute Gasteiger partial charge is 0.298 e. The molecule has 0 saturated heterocycles. The molecule has 8 nitrogen and oxygen atoms in total. The molecule has 4 rings (SSSR count). The molecule has 1 aliphatic rings. The van der Waals surface area contributed by atoms with Crippen LogP contribution in [0.5, 0.6) is 0 Å². The summed E-state index contributed by atoms with van der Waals surface area (Å²) in [4.78, 5) is 12.9. The van der Waals surface area contributed by atoms with E-state index in [1.807, 2.05) is 30.3 Å². The number of nitrogens with one attached hydrogen (secondary N) is 1. The Morgan fingerprint density at radius 2 is 1.96 bits per heavy atom. The first kappa shape index (κ1) is 16.8. The van der Waals surface area contributed by atoms with E-state index < -0.39 is 6.04 Å². The van der Waals surface area contributed by atoms with E-state index in [0.717, 1.165) is 23.4 Å². The van der Waals surface area contributed by atoms with Crippen molar-refractivity contribution in [3.8, 4) is 0 Å². The van der Waals surface area contributed by atoms with E-state index in [2.05, 4.69) is 31.0 Å². The Bertz CT molecular complexity index is 843. The minimum atomic E-state index is -0.659. The van der Waals surface area contributed by atoms with Gasteiger partial charge in [0.1, 0.15) is 11.3 Å². The Morgan fingerprint density at radius 1 is 1.15 bits per heavy atom. The number of rotatable bonds is 5. The van der Waals surface area contributed by atoms with Crippen molar-refractivity contribution in [1.82, 2.24) is 30.4 Å². The lowest BCUT2D eigenvalue weighted by Crippen LogP contribution is -2.27. The van der Waals surface area contributed by atoms with E-state index in [9.17, 15) is 4.79 Å². The van der Waals surface area contributed by atoms with Gasteiger partial charge in [0.15, 0.2) is 6.04 Å². The number of carbonyl (C=O) groups excluding carboxylic acids is 1. The van der Waals surface area contributed by atoms with E-state index in [-0.39, 0.29) is 5.91 Å². The summed E-state index contributed by atoms with van der Waals surface area (Å²) < 4.78 is 1.44. The molecule has 0 unspecified atom stereocenters. The standard InChI is InChI=1S/C17H19N7OS/c25-15(14(24-11-18-22-23-24)12-7-3-1-4-8-12)19-17-21-20-16(26-17)13-9-5-2-6-10-13/h1,3-4,7-8,11,13-14H,2,5-6,9-10H2,(H,19,21,25)/t14-/m0/s1. The van der Waals surface area contributed by atoms with Gasteiger partial charge >= 0.3 is 0 Å². The Kier molecular flexibility index (Phi) is 4.96. The second kappa shape index (κ2) is 7.69. The van der Waals surface area contributed by atoms with Gasteiger partial charge in [0.05, 0.1) is 0 Å². The van der Waals surface area contributed by atoms with Crippen molar-refractivity contribution in [3.63, 3.8) is 0 Å². The molecule has 1 aliphatic carbocycles. The predicted octanol–water partition coefficient (Wildman–Crippen LogP) is 2.80. The minimum Gasteiger partial charge on any atom is -0.298 e. The maximum Gasteiger partial charge on any atom is 0.255 e. The Morgan fingerprint density at radius 3 is 2.69 bits per heavy atom. The highest BCUT2D eigenvalue weighted by molar-refractivity contribution is 7.15. The molecule has 1 aromatic carbocycles. The normalized spacial score (nSPS) is 16.3. The van der Waals surface area contributed by atoms with Crippen LogP contribution in [0.25, 0.3) is 0 Å². The number of aromatic nitrogens is 6. The average molecular weight is 369 g/mol. The zero-order valence-corrected chi connectivity index (χ0v) is 15.0. The van der Waals surface area contributed by atoms with Gasteiger partial charge in [-0.3, -0.25) is 10.1 Å². The van der Waals surface area contributed by atoms with Crippen molar-refractivity contribution in [3.05, 3.63) is 47.2 Å². The summed E-state index contributed by atoms with van der Waals surface area (Å²) in [6.45, 7) is 0. The zero-order chi connectivity index (χ0) is 17.8. The molecule has 26 heavy (non-hydrogen) atoms. The number of hydrogen-bond donors (Lipinski definition) is 1. The van der Waals surface area contributed by atoms with E-state index in [0.29, 0.717) is 11.0 Å². The average Bonchev–Trinajstić information content (AvgIpc) is 3.36. The molecule has 1 saturated carbocycles. The molecule has 1 atom stereocenters. The highest BCUT2D eigenvalue weighted by atomic mass is 32.1. The van der Waals surface area contributed by atoms with Crippen LogP contribution in [-0.2, 0) is 4.79 Å². The van der Waals surface area contributed by atoms with Gasteiger partial charge in [-0.05, 0) is 28.8 Å². The molecule has 134 valence electrons. The summed E-state index contributed by atoms with van der Waals surface area (Å²) in [5.41, 5.74) is 0.800. The van der Waals surface area contributed by atoms with E-state index >= 15 is 0 Å². The monoisotopic (exact) mass is 369 g/mol. The summed E-state index contributed by atoms with van der Waals surface area (Å²) in [5, 5.41) is 24.1. The van der Waals surface area contributed by atoms with Gasteiger partial charge in [-0.15, -0.1) is 15.3 Å². The summed E-state index contributed by atoms with van der Waals surface area (Å²) in [6, 6.07) is 8.75. The van der Waals surface area contributed by atoms with E-state index in [1.165, 1.54) is 41.6 Å². The molecule has 0 aliphatic heterocycles. The Labute approximate surface area is 154 Å². The highest BCUT2D eigenvalue weighted by Crippen LogP contribution is 2.35. The zero-order valence-electron chi connectivity index (χ0n) is 14.2. The Balaban J connectivity index is 1.53. The van der Waals surface area contributed by atoms with Gasteiger partial charge in [0.25, 0.3) is 5.91 Å². The maximum absolute atomic E-state index is 12.9. The van der Waals surface area contributed by atoms with Crippen LogP contribution in [0.4, 0.5) is 5.13 Å². The fourth-order valence-electron chi connectivity index (χ4n) is 3.32. The van der Waals surface area contributed by atoms with Gasteiger partial charge < -0.3 is 0 Å². The third kappa shape index (κ3) is 3.62. The molecular weight excluding hydrogens is 350 g/mol. The van der Waals surface area contributed by atoms with Crippen LogP contribution in [0.2, 0.25) is 0 Å².